The highest BCUT2D eigenvalue weighted by Gasteiger charge is 2.49. The third-order valence-electron chi connectivity index (χ3n) is 6.65. The molecule has 2 aliphatic heterocycles. The molecule has 0 radical (unpaired) electrons. The topological polar surface area (TPSA) is 79.4 Å². The van der Waals surface area contributed by atoms with Crippen molar-refractivity contribution in [1.82, 2.24) is 10.3 Å². The Bertz CT molecular complexity index is 1250. The summed E-state index contributed by atoms with van der Waals surface area (Å²) in [5.41, 5.74) is 3.37. The molecule has 3 amide bonds. The van der Waals surface area contributed by atoms with E-state index in [0.717, 1.165) is 29.3 Å². The minimum Gasteiger partial charge on any atom is -0.295 e. The Kier molecular flexibility index (Phi) is 3.46. The lowest BCUT2D eigenvalue weighted by atomic mass is 9.88. The van der Waals surface area contributed by atoms with Gasteiger partial charge in [0.1, 0.15) is 6.04 Å². The molecule has 3 heterocycles. The van der Waals surface area contributed by atoms with Crippen LogP contribution >= 0.6 is 0 Å². The van der Waals surface area contributed by atoms with E-state index in [0.29, 0.717) is 17.7 Å². The fourth-order valence-corrected chi connectivity index (χ4v) is 5.05. The van der Waals surface area contributed by atoms with Crippen molar-refractivity contribution in [2.45, 2.75) is 37.1 Å². The summed E-state index contributed by atoms with van der Waals surface area (Å²) >= 11 is 0. The van der Waals surface area contributed by atoms with Crippen LogP contribution in [0.15, 0.2) is 54.7 Å². The Morgan fingerprint density at radius 2 is 1.80 bits per heavy atom. The van der Waals surface area contributed by atoms with Crippen LogP contribution in [0.2, 0.25) is 0 Å². The molecule has 1 unspecified atom stereocenters. The summed E-state index contributed by atoms with van der Waals surface area (Å²) in [6.07, 6.45) is 4.32. The lowest BCUT2D eigenvalue weighted by Gasteiger charge is -2.30. The van der Waals surface area contributed by atoms with E-state index >= 15 is 0 Å². The first kappa shape index (κ1) is 17.3. The molecule has 1 aliphatic carbocycles. The molecule has 1 atom stereocenters. The zero-order valence-electron chi connectivity index (χ0n) is 16.2. The van der Waals surface area contributed by atoms with Crippen molar-refractivity contribution < 1.29 is 14.4 Å². The van der Waals surface area contributed by atoms with Crippen LogP contribution in [0.25, 0.3) is 10.8 Å². The highest BCUT2D eigenvalue weighted by molar-refractivity contribution is 6.27. The summed E-state index contributed by atoms with van der Waals surface area (Å²) in [6.45, 7) is 0. The standard InChI is InChI=1S/C24H19N3O3/c28-19-10-9-17(22(29)26-19)27-18-13-25-21(15-7-4-8-16(20(15)18)23(27)30)24(11-12-24)14-5-2-1-3-6-14/h1-8,13,17H,9-12H2,(H,26,28,29). The number of carbonyl (C=O) groups excluding carboxylic acids is 3. The van der Waals surface area contributed by atoms with E-state index in [1.165, 1.54) is 10.5 Å². The van der Waals surface area contributed by atoms with E-state index in [2.05, 4.69) is 17.4 Å². The molecular weight excluding hydrogens is 378 g/mol. The molecule has 1 saturated heterocycles. The van der Waals surface area contributed by atoms with E-state index in [1.54, 1.807) is 6.20 Å². The number of nitrogens with zero attached hydrogens (tertiary/aromatic N) is 2. The molecule has 1 saturated carbocycles. The van der Waals surface area contributed by atoms with Gasteiger partial charge in [-0.05, 0) is 30.9 Å². The fourth-order valence-electron chi connectivity index (χ4n) is 5.05. The number of anilines is 1. The molecule has 2 fully saturated rings. The maximum atomic E-state index is 13.3. The Morgan fingerprint density at radius 3 is 2.53 bits per heavy atom. The van der Waals surface area contributed by atoms with Crippen LogP contribution in [0.4, 0.5) is 5.69 Å². The number of benzene rings is 2. The molecule has 148 valence electrons. The number of nitrogens with one attached hydrogen (secondary N) is 1. The summed E-state index contributed by atoms with van der Waals surface area (Å²) in [4.78, 5) is 43.7. The van der Waals surface area contributed by atoms with Crippen molar-refractivity contribution in [2.24, 2.45) is 0 Å². The van der Waals surface area contributed by atoms with E-state index in [9.17, 15) is 14.4 Å². The Balaban J connectivity index is 1.52. The van der Waals surface area contributed by atoms with Crippen molar-refractivity contribution in [1.29, 1.82) is 0 Å². The average molecular weight is 397 g/mol. The predicted molar refractivity (Wildman–Crippen MR) is 111 cm³/mol. The van der Waals surface area contributed by atoms with Crippen LogP contribution in [0.5, 0.6) is 0 Å². The van der Waals surface area contributed by atoms with Gasteiger partial charge in [-0.2, -0.15) is 0 Å². The number of imide groups is 1. The maximum Gasteiger partial charge on any atom is 0.259 e. The van der Waals surface area contributed by atoms with Crippen LogP contribution in [0, 0.1) is 0 Å². The number of pyridine rings is 1. The van der Waals surface area contributed by atoms with Gasteiger partial charge in [-0.1, -0.05) is 42.5 Å². The minimum absolute atomic E-state index is 0.122. The van der Waals surface area contributed by atoms with Crippen LogP contribution < -0.4 is 10.2 Å². The first-order valence-electron chi connectivity index (χ1n) is 10.3. The predicted octanol–water partition coefficient (Wildman–Crippen LogP) is 3.08. The molecule has 3 aromatic rings. The lowest BCUT2D eigenvalue weighted by Crippen LogP contribution is -2.53. The average Bonchev–Trinajstić information content (AvgIpc) is 3.52. The molecule has 6 nitrogen and oxygen atoms in total. The van der Waals surface area contributed by atoms with Gasteiger partial charge >= 0.3 is 0 Å². The second-order valence-corrected chi connectivity index (χ2v) is 8.31. The summed E-state index contributed by atoms with van der Waals surface area (Å²) < 4.78 is 0. The van der Waals surface area contributed by atoms with Gasteiger partial charge in [-0.15, -0.1) is 0 Å². The number of hydrogen-bond acceptors (Lipinski definition) is 4. The van der Waals surface area contributed by atoms with Crippen molar-refractivity contribution in [3.63, 3.8) is 0 Å². The van der Waals surface area contributed by atoms with E-state index in [-0.39, 0.29) is 23.7 Å². The van der Waals surface area contributed by atoms with Crippen molar-refractivity contribution in [3.05, 3.63) is 71.5 Å². The van der Waals surface area contributed by atoms with Gasteiger partial charge in [-0.3, -0.25) is 29.6 Å². The zero-order valence-corrected chi connectivity index (χ0v) is 16.2. The van der Waals surface area contributed by atoms with Crippen molar-refractivity contribution in [3.8, 4) is 0 Å². The Labute approximate surface area is 172 Å². The van der Waals surface area contributed by atoms with Crippen molar-refractivity contribution >= 4 is 34.2 Å². The fraction of sp³-hybridized carbons (Fsp3) is 0.250. The van der Waals surface area contributed by atoms with Gasteiger partial charge < -0.3 is 0 Å². The molecule has 30 heavy (non-hydrogen) atoms. The molecule has 2 aromatic carbocycles. The monoisotopic (exact) mass is 397 g/mol. The molecular formula is C24H19N3O3. The highest BCUT2D eigenvalue weighted by Crippen LogP contribution is 2.55. The van der Waals surface area contributed by atoms with Crippen LogP contribution in [0.1, 0.15) is 47.3 Å². The van der Waals surface area contributed by atoms with Gasteiger partial charge in [0.2, 0.25) is 11.8 Å². The van der Waals surface area contributed by atoms with Gasteiger partial charge in [-0.25, -0.2) is 0 Å². The van der Waals surface area contributed by atoms with Gasteiger partial charge in [0.05, 0.1) is 17.6 Å². The number of piperidine rings is 1. The van der Waals surface area contributed by atoms with Crippen molar-refractivity contribution in [2.75, 3.05) is 4.90 Å². The quantitative estimate of drug-likeness (QED) is 0.689. The molecule has 6 rings (SSSR count). The maximum absolute atomic E-state index is 13.3. The number of hydrogen-bond donors (Lipinski definition) is 1. The third-order valence-corrected chi connectivity index (χ3v) is 6.65. The van der Waals surface area contributed by atoms with Gasteiger partial charge in [0, 0.05) is 28.2 Å². The zero-order chi connectivity index (χ0) is 20.5. The first-order chi connectivity index (χ1) is 14.6. The largest absolute Gasteiger partial charge is 0.295 e. The summed E-state index contributed by atoms with van der Waals surface area (Å²) in [7, 11) is 0. The Hall–Kier alpha value is -3.54. The van der Waals surface area contributed by atoms with E-state index < -0.39 is 11.9 Å². The summed E-state index contributed by atoms with van der Waals surface area (Å²) in [5, 5.41) is 4.19. The normalized spacial score (nSPS) is 21.8. The van der Waals surface area contributed by atoms with Gasteiger partial charge in [0.15, 0.2) is 0 Å². The van der Waals surface area contributed by atoms with E-state index in [4.69, 9.17) is 4.98 Å². The second-order valence-electron chi connectivity index (χ2n) is 8.31. The summed E-state index contributed by atoms with van der Waals surface area (Å²) in [6, 6.07) is 15.4. The SMILES string of the molecule is O=C1CCC(N2C(=O)c3cccc4c(C5(c6ccccc6)CC5)ncc2c34)C(=O)N1. The molecule has 3 aliphatic rings. The highest BCUT2D eigenvalue weighted by atomic mass is 16.2. The third kappa shape index (κ3) is 2.24. The molecule has 0 spiro atoms. The number of aromatic nitrogens is 1. The van der Waals surface area contributed by atoms with Gasteiger partial charge in [0.25, 0.3) is 5.91 Å². The Morgan fingerprint density at radius 1 is 1.00 bits per heavy atom. The molecule has 6 heteroatoms. The molecule has 1 aromatic heterocycles. The summed E-state index contributed by atoms with van der Waals surface area (Å²) in [5.74, 6) is -0.918. The molecule has 1 N–H and O–H groups in total. The van der Waals surface area contributed by atoms with E-state index in [1.807, 2.05) is 36.4 Å². The minimum atomic E-state index is -0.692. The molecule has 0 bridgehead atoms. The number of carbonyl (C=O) groups is 3. The smallest absolute Gasteiger partial charge is 0.259 e. The lowest BCUT2D eigenvalue weighted by molar-refractivity contribution is -0.134. The number of rotatable bonds is 3. The van der Waals surface area contributed by atoms with Crippen LogP contribution in [-0.4, -0.2) is 28.7 Å². The second kappa shape index (κ2) is 5.98. The van der Waals surface area contributed by atoms with Crippen LogP contribution in [-0.2, 0) is 15.0 Å². The first-order valence-corrected chi connectivity index (χ1v) is 10.3. The van der Waals surface area contributed by atoms with Crippen LogP contribution in [0.3, 0.4) is 0 Å². The number of amides is 3.